The van der Waals surface area contributed by atoms with Gasteiger partial charge in [0, 0.05) is 29.1 Å². The number of nitrogens with one attached hydrogen (secondary N) is 2. The summed E-state index contributed by atoms with van der Waals surface area (Å²) in [6.45, 7) is 4.77. The standard InChI is InChI=1S/C19H19ClN2O/c1-19(2,15-11-21-17-10-6-4-7-13(15)17)12-22-18(23)14-8-3-5-9-16(14)20/h3-11,21H,12H2,1-2H3,(H,22,23). The van der Waals surface area contributed by atoms with Gasteiger partial charge in [0.15, 0.2) is 0 Å². The number of halogens is 1. The number of rotatable bonds is 4. The molecule has 0 fully saturated rings. The predicted molar refractivity (Wildman–Crippen MR) is 95.1 cm³/mol. The fourth-order valence-electron chi connectivity index (χ4n) is 2.77. The van der Waals surface area contributed by atoms with Gasteiger partial charge in [-0.3, -0.25) is 4.79 Å². The Kier molecular flexibility index (Phi) is 4.14. The van der Waals surface area contributed by atoms with Crippen molar-refractivity contribution >= 4 is 28.4 Å². The average molecular weight is 327 g/mol. The van der Waals surface area contributed by atoms with Crippen molar-refractivity contribution in [2.45, 2.75) is 19.3 Å². The Morgan fingerprint density at radius 1 is 1.13 bits per heavy atom. The molecule has 1 heterocycles. The van der Waals surface area contributed by atoms with E-state index in [9.17, 15) is 4.79 Å². The number of amides is 1. The molecule has 0 spiro atoms. The highest BCUT2D eigenvalue weighted by Crippen LogP contribution is 2.30. The lowest BCUT2D eigenvalue weighted by Gasteiger charge is -2.25. The van der Waals surface area contributed by atoms with E-state index in [1.54, 1.807) is 12.1 Å². The summed E-state index contributed by atoms with van der Waals surface area (Å²) in [5.74, 6) is -0.150. The van der Waals surface area contributed by atoms with Gasteiger partial charge in [0.2, 0.25) is 0 Å². The molecule has 3 rings (SSSR count). The summed E-state index contributed by atoms with van der Waals surface area (Å²) in [6, 6.07) is 15.3. The minimum atomic E-state index is -0.198. The highest BCUT2D eigenvalue weighted by Gasteiger charge is 2.25. The summed E-state index contributed by atoms with van der Waals surface area (Å²) in [6.07, 6.45) is 2.02. The van der Waals surface area contributed by atoms with Crippen molar-refractivity contribution in [2.75, 3.05) is 6.54 Å². The predicted octanol–water partition coefficient (Wildman–Crippen LogP) is 4.53. The molecule has 0 radical (unpaired) electrons. The van der Waals surface area contributed by atoms with Crippen molar-refractivity contribution in [1.29, 1.82) is 0 Å². The Morgan fingerprint density at radius 2 is 1.83 bits per heavy atom. The third-order valence-corrected chi connectivity index (χ3v) is 4.46. The first kappa shape index (κ1) is 15.6. The van der Waals surface area contributed by atoms with Crippen molar-refractivity contribution in [1.82, 2.24) is 10.3 Å². The number of hydrogen-bond acceptors (Lipinski definition) is 1. The molecule has 2 aromatic carbocycles. The molecule has 0 aliphatic rings. The number of fused-ring (bicyclic) bond motifs is 1. The normalized spacial score (nSPS) is 11.6. The van der Waals surface area contributed by atoms with E-state index in [4.69, 9.17) is 11.6 Å². The maximum atomic E-state index is 12.3. The fraction of sp³-hybridized carbons (Fsp3) is 0.211. The number of H-pyrrole nitrogens is 1. The van der Waals surface area contributed by atoms with Crippen molar-refractivity contribution in [3.8, 4) is 0 Å². The first-order valence-corrected chi connectivity index (χ1v) is 7.96. The molecule has 1 aromatic heterocycles. The summed E-state index contributed by atoms with van der Waals surface area (Å²) in [7, 11) is 0. The van der Waals surface area contributed by atoms with Gasteiger partial charge in [-0.15, -0.1) is 0 Å². The molecular weight excluding hydrogens is 308 g/mol. The summed E-state index contributed by atoms with van der Waals surface area (Å²) in [4.78, 5) is 15.6. The second-order valence-electron chi connectivity index (χ2n) is 6.29. The second-order valence-corrected chi connectivity index (χ2v) is 6.70. The van der Waals surface area contributed by atoms with Gasteiger partial charge < -0.3 is 10.3 Å². The van der Waals surface area contributed by atoms with Gasteiger partial charge >= 0.3 is 0 Å². The van der Waals surface area contributed by atoms with Crippen molar-refractivity contribution in [3.05, 3.63) is 70.9 Å². The summed E-state index contributed by atoms with van der Waals surface area (Å²) in [5.41, 5.74) is 2.60. The monoisotopic (exact) mass is 326 g/mol. The molecule has 0 aliphatic heterocycles. The first-order chi connectivity index (χ1) is 11.0. The van der Waals surface area contributed by atoms with Crippen molar-refractivity contribution in [2.24, 2.45) is 0 Å². The van der Waals surface area contributed by atoms with Crippen LogP contribution in [0.1, 0.15) is 29.8 Å². The molecule has 23 heavy (non-hydrogen) atoms. The van der Waals surface area contributed by atoms with Gasteiger partial charge in [-0.1, -0.05) is 55.8 Å². The summed E-state index contributed by atoms with van der Waals surface area (Å²) >= 11 is 6.08. The molecule has 0 unspecified atom stereocenters. The van der Waals surface area contributed by atoms with Crippen LogP contribution >= 0.6 is 11.6 Å². The third kappa shape index (κ3) is 3.10. The van der Waals surface area contributed by atoms with Crippen molar-refractivity contribution < 1.29 is 4.79 Å². The molecule has 0 saturated carbocycles. The number of carbonyl (C=O) groups is 1. The quantitative estimate of drug-likeness (QED) is 0.727. The van der Waals surface area contributed by atoms with E-state index in [1.807, 2.05) is 30.5 Å². The third-order valence-electron chi connectivity index (χ3n) is 4.13. The molecule has 0 saturated heterocycles. The van der Waals surface area contributed by atoms with Crippen LogP contribution in [0.5, 0.6) is 0 Å². The van der Waals surface area contributed by atoms with Crippen LogP contribution < -0.4 is 5.32 Å². The summed E-state index contributed by atoms with van der Waals surface area (Å²) < 4.78 is 0. The van der Waals surface area contributed by atoms with E-state index in [0.29, 0.717) is 17.1 Å². The van der Waals surface area contributed by atoms with Crippen molar-refractivity contribution in [3.63, 3.8) is 0 Å². The Bertz CT molecular complexity index is 851. The van der Waals surface area contributed by atoms with Crippen LogP contribution in [0.4, 0.5) is 0 Å². The maximum absolute atomic E-state index is 12.3. The van der Waals surface area contributed by atoms with Gasteiger partial charge in [0.1, 0.15) is 0 Å². The van der Waals surface area contributed by atoms with Crippen LogP contribution in [0.3, 0.4) is 0 Å². The smallest absolute Gasteiger partial charge is 0.252 e. The van der Waals surface area contributed by atoms with Crippen LogP contribution in [0.25, 0.3) is 10.9 Å². The molecule has 0 bridgehead atoms. The van der Waals surface area contributed by atoms with E-state index < -0.39 is 0 Å². The number of benzene rings is 2. The lowest BCUT2D eigenvalue weighted by molar-refractivity contribution is 0.0946. The SMILES string of the molecule is CC(C)(CNC(=O)c1ccccc1Cl)c1c[nH]c2ccccc12. The molecule has 0 aliphatic carbocycles. The van der Waals surface area contributed by atoms with E-state index in [1.165, 1.54) is 10.9 Å². The van der Waals surface area contributed by atoms with Gasteiger partial charge in [0.25, 0.3) is 5.91 Å². The van der Waals surface area contributed by atoms with E-state index in [0.717, 1.165) is 5.52 Å². The van der Waals surface area contributed by atoms with Gasteiger partial charge in [-0.25, -0.2) is 0 Å². The number of para-hydroxylation sites is 1. The van der Waals surface area contributed by atoms with Gasteiger partial charge in [0.05, 0.1) is 10.6 Å². The maximum Gasteiger partial charge on any atom is 0.252 e. The van der Waals surface area contributed by atoms with Gasteiger partial charge in [-0.05, 0) is 23.8 Å². The largest absolute Gasteiger partial charge is 0.361 e. The van der Waals surface area contributed by atoms with Crippen LogP contribution in [0.15, 0.2) is 54.7 Å². The molecule has 3 aromatic rings. The second kappa shape index (κ2) is 6.09. The molecular formula is C19H19ClN2O. The number of hydrogen-bond donors (Lipinski definition) is 2. The minimum absolute atomic E-state index is 0.150. The lowest BCUT2D eigenvalue weighted by atomic mass is 9.84. The van der Waals surface area contributed by atoms with Crippen LogP contribution in [-0.4, -0.2) is 17.4 Å². The lowest BCUT2D eigenvalue weighted by Crippen LogP contribution is -2.36. The van der Waals surface area contributed by atoms with E-state index >= 15 is 0 Å². The molecule has 4 heteroatoms. The Labute approximate surface area is 140 Å². The molecule has 2 N–H and O–H groups in total. The van der Waals surface area contributed by atoms with E-state index in [2.05, 4.69) is 36.3 Å². The van der Waals surface area contributed by atoms with Crippen LogP contribution in [0, 0.1) is 0 Å². The zero-order valence-electron chi connectivity index (χ0n) is 13.2. The van der Waals surface area contributed by atoms with Gasteiger partial charge in [-0.2, -0.15) is 0 Å². The molecule has 0 atom stereocenters. The topological polar surface area (TPSA) is 44.9 Å². The van der Waals surface area contributed by atoms with Crippen LogP contribution in [-0.2, 0) is 5.41 Å². The molecule has 1 amide bonds. The van der Waals surface area contributed by atoms with E-state index in [-0.39, 0.29) is 11.3 Å². The fourth-order valence-corrected chi connectivity index (χ4v) is 2.99. The zero-order valence-corrected chi connectivity index (χ0v) is 13.9. The Hall–Kier alpha value is -2.26. The molecule has 118 valence electrons. The number of aromatic amines is 1. The first-order valence-electron chi connectivity index (χ1n) is 7.58. The Morgan fingerprint density at radius 3 is 2.61 bits per heavy atom. The zero-order chi connectivity index (χ0) is 16.4. The minimum Gasteiger partial charge on any atom is -0.361 e. The highest BCUT2D eigenvalue weighted by molar-refractivity contribution is 6.33. The summed E-state index contributed by atoms with van der Waals surface area (Å²) in [5, 5.41) is 4.65. The number of carbonyl (C=O) groups excluding carboxylic acids is 1. The highest BCUT2D eigenvalue weighted by atomic mass is 35.5. The average Bonchev–Trinajstić information content (AvgIpc) is 2.98. The molecule has 3 nitrogen and oxygen atoms in total. The Balaban J connectivity index is 1.79. The van der Waals surface area contributed by atoms with Crippen LogP contribution in [0.2, 0.25) is 5.02 Å². The number of aromatic nitrogens is 1.